The van der Waals surface area contributed by atoms with E-state index >= 15 is 0 Å². The first-order chi connectivity index (χ1) is 11.1. The van der Waals surface area contributed by atoms with Crippen LogP contribution in [0, 0.1) is 5.82 Å². The topological polar surface area (TPSA) is 76.9 Å². The average molecular weight is 332 g/mol. The Morgan fingerprint density at radius 1 is 1.43 bits per heavy atom. The van der Waals surface area contributed by atoms with Crippen LogP contribution in [-0.2, 0) is 17.8 Å². The maximum absolute atomic E-state index is 13.3. The van der Waals surface area contributed by atoms with Gasteiger partial charge in [-0.1, -0.05) is 18.3 Å². The number of aromatic nitrogens is 3. The monoisotopic (exact) mass is 332 g/mol. The number of benzene rings is 1. The Hall–Kier alpha value is -2.61. The molecule has 2 heterocycles. The molecule has 3 aromatic rings. The zero-order valence-electron chi connectivity index (χ0n) is 12.2. The molecule has 8 heteroatoms. The van der Waals surface area contributed by atoms with Crippen LogP contribution in [0.2, 0.25) is 0 Å². The molecule has 0 saturated carbocycles. The van der Waals surface area contributed by atoms with Crippen molar-refractivity contribution >= 4 is 39.6 Å². The highest BCUT2D eigenvalue weighted by Crippen LogP contribution is 2.22. The van der Waals surface area contributed by atoms with Gasteiger partial charge in [-0.3, -0.25) is 14.9 Å². The van der Waals surface area contributed by atoms with Gasteiger partial charge in [-0.25, -0.2) is 4.39 Å². The predicted molar refractivity (Wildman–Crippen MR) is 85.2 cm³/mol. The summed E-state index contributed by atoms with van der Waals surface area (Å²) in [6, 6.07) is 4.13. The fourth-order valence-electron chi connectivity index (χ4n) is 2.28. The van der Waals surface area contributed by atoms with Gasteiger partial charge in [-0.15, -0.1) is 10.2 Å². The highest BCUT2D eigenvalue weighted by molar-refractivity contribution is 7.15. The number of hydrogen-bond donors (Lipinski definition) is 1. The van der Waals surface area contributed by atoms with Gasteiger partial charge in [0.15, 0.2) is 6.29 Å². The van der Waals surface area contributed by atoms with E-state index in [0.29, 0.717) is 27.9 Å². The van der Waals surface area contributed by atoms with Crippen LogP contribution in [0.4, 0.5) is 9.52 Å². The van der Waals surface area contributed by atoms with Crippen LogP contribution < -0.4 is 5.32 Å². The minimum absolute atomic E-state index is 0.00297. The molecular weight excluding hydrogens is 319 g/mol. The third-order valence-electron chi connectivity index (χ3n) is 3.33. The van der Waals surface area contributed by atoms with Gasteiger partial charge in [0.25, 0.3) is 0 Å². The fourth-order valence-corrected chi connectivity index (χ4v) is 2.98. The molecule has 0 fully saturated rings. The number of carbonyl (C=O) groups excluding carboxylic acids is 2. The Bertz CT molecular complexity index is 887. The number of aldehydes is 1. The molecule has 0 aliphatic carbocycles. The van der Waals surface area contributed by atoms with E-state index in [1.807, 2.05) is 6.92 Å². The van der Waals surface area contributed by atoms with Gasteiger partial charge in [0.05, 0.1) is 0 Å². The minimum atomic E-state index is -0.427. The van der Waals surface area contributed by atoms with E-state index in [0.717, 1.165) is 11.4 Å². The molecule has 2 aromatic heterocycles. The third kappa shape index (κ3) is 3.11. The number of nitrogens with one attached hydrogen (secondary N) is 1. The standard InChI is InChI=1S/C15H13FN4O2S/c1-2-14-18-19-15(23-14)17-13(22)7-20-6-9(8-21)11-5-10(16)3-4-12(11)20/h3-6,8H,2,7H2,1H3,(H,17,19,22). The van der Waals surface area contributed by atoms with E-state index in [9.17, 15) is 14.0 Å². The summed E-state index contributed by atoms with van der Waals surface area (Å²) in [6.45, 7) is 1.95. The SMILES string of the molecule is CCc1nnc(NC(=O)Cn2cc(C=O)c3cc(F)ccc32)s1. The number of hydrogen-bond acceptors (Lipinski definition) is 5. The number of carbonyl (C=O) groups is 2. The first-order valence-electron chi connectivity index (χ1n) is 6.96. The summed E-state index contributed by atoms with van der Waals surface area (Å²) in [4.78, 5) is 23.2. The lowest BCUT2D eigenvalue weighted by molar-refractivity contribution is -0.116. The van der Waals surface area contributed by atoms with Gasteiger partial charge in [-0.2, -0.15) is 0 Å². The largest absolute Gasteiger partial charge is 0.337 e. The number of anilines is 1. The van der Waals surface area contributed by atoms with Crippen molar-refractivity contribution in [3.63, 3.8) is 0 Å². The van der Waals surface area contributed by atoms with Crippen molar-refractivity contribution in [2.24, 2.45) is 0 Å². The number of halogens is 1. The van der Waals surface area contributed by atoms with Gasteiger partial charge in [-0.05, 0) is 24.6 Å². The van der Waals surface area contributed by atoms with Gasteiger partial charge < -0.3 is 4.57 Å². The summed E-state index contributed by atoms with van der Waals surface area (Å²) >= 11 is 1.32. The molecule has 0 unspecified atom stereocenters. The maximum atomic E-state index is 13.3. The van der Waals surface area contributed by atoms with Crippen molar-refractivity contribution in [1.29, 1.82) is 0 Å². The number of fused-ring (bicyclic) bond motifs is 1. The van der Waals surface area contributed by atoms with Crippen LogP contribution in [0.1, 0.15) is 22.3 Å². The Labute approximate surface area is 135 Å². The molecule has 118 valence electrons. The van der Waals surface area contributed by atoms with Crippen LogP contribution in [0.15, 0.2) is 24.4 Å². The van der Waals surface area contributed by atoms with Crippen LogP contribution in [0.5, 0.6) is 0 Å². The molecule has 0 aliphatic rings. The molecule has 3 rings (SSSR count). The zero-order valence-corrected chi connectivity index (χ0v) is 13.1. The quantitative estimate of drug-likeness (QED) is 0.729. The van der Waals surface area contributed by atoms with E-state index in [1.54, 1.807) is 10.6 Å². The fraction of sp³-hybridized carbons (Fsp3) is 0.200. The lowest BCUT2D eigenvalue weighted by atomic mass is 10.2. The van der Waals surface area contributed by atoms with Crippen molar-refractivity contribution in [3.05, 3.63) is 40.8 Å². The first kappa shape index (κ1) is 15.3. The van der Waals surface area contributed by atoms with E-state index in [1.165, 1.54) is 29.7 Å². The normalized spacial score (nSPS) is 10.9. The summed E-state index contributed by atoms with van der Waals surface area (Å²) in [7, 11) is 0. The molecule has 0 radical (unpaired) electrons. The molecule has 0 atom stereocenters. The van der Waals surface area contributed by atoms with Crippen LogP contribution in [0.25, 0.3) is 10.9 Å². The van der Waals surface area contributed by atoms with Gasteiger partial charge >= 0.3 is 0 Å². The Balaban J connectivity index is 1.83. The van der Waals surface area contributed by atoms with Crippen molar-refractivity contribution in [2.75, 3.05) is 5.32 Å². The van der Waals surface area contributed by atoms with E-state index in [2.05, 4.69) is 15.5 Å². The molecule has 0 aliphatic heterocycles. The Morgan fingerprint density at radius 2 is 2.26 bits per heavy atom. The van der Waals surface area contributed by atoms with Crippen molar-refractivity contribution in [2.45, 2.75) is 19.9 Å². The maximum Gasteiger partial charge on any atom is 0.246 e. The second-order valence-electron chi connectivity index (χ2n) is 4.89. The Morgan fingerprint density at radius 3 is 2.96 bits per heavy atom. The molecule has 0 saturated heterocycles. The lowest BCUT2D eigenvalue weighted by Crippen LogP contribution is -2.18. The Kier molecular flexibility index (Phi) is 4.16. The second-order valence-corrected chi connectivity index (χ2v) is 5.96. The lowest BCUT2D eigenvalue weighted by Gasteiger charge is -2.04. The third-order valence-corrected chi connectivity index (χ3v) is 4.31. The smallest absolute Gasteiger partial charge is 0.246 e. The van der Waals surface area contributed by atoms with Crippen molar-refractivity contribution < 1.29 is 14.0 Å². The molecule has 1 aromatic carbocycles. The summed E-state index contributed by atoms with van der Waals surface area (Å²) in [6.07, 6.45) is 2.94. The first-order valence-corrected chi connectivity index (χ1v) is 7.78. The van der Waals surface area contributed by atoms with E-state index in [-0.39, 0.29) is 12.5 Å². The van der Waals surface area contributed by atoms with Gasteiger partial charge in [0, 0.05) is 22.7 Å². The molecule has 1 N–H and O–H groups in total. The highest BCUT2D eigenvalue weighted by atomic mass is 32.1. The molecule has 0 spiro atoms. The summed E-state index contributed by atoms with van der Waals surface area (Å²) in [5.41, 5.74) is 0.964. The van der Waals surface area contributed by atoms with E-state index < -0.39 is 5.82 Å². The van der Waals surface area contributed by atoms with Crippen LogP contribution in [-0.4, -0.2) is 27.0 Å². The molecular formula is C15H13FN4O2S. The van der Waals surface area contributed by atoms with Gasteiger partial charge in [0.2, 0.25) is 11.0 Å². The number of aryl methyl sites for hydroxylation is 1. The minimum Gasteiger partial charge on any atom is -0.337 e. The van der Waals surface area contributed by atoms with Crippen LogP contribution in [0.3, 0.4) is 0 Å². The molecule has 23 heavy (non-hydrogen) atoms. The second kappa shape index (κ2) is 6.25. The van der Waals surface area contributed by atoms with Crippen LogP contribution >= 0.6 is 11.3 Å². The summed E-state index contributed by atoms with van der Waals surface area (Å²) in [5.74, 6) is -0.716. The highest BCUT2D eigenvalue weighted by Gasteiger charge is 2.13. The number of amides is 1. The van der Waals surface area contributed by atoms with E-state index in [4.69, 9.17) is 0 Å². The van der Waals surface area contributed by atoms with Crippen molar-refractivity contribution in [3.8, 4) is 0 Å². The number of nitrogens with zero attached hydrogens (tertiary/aromatic N) is 3. The van der Waals surface area contributed by atoms with Crippen molar-refractivity contribution in [1.82, 2.24) is 14.8 Å². The number of rotatable bonds is 5. The summed E-state index contributed by atoms with van der Waals surface area (Å²) in [5, 5.41) is 12.2. The summed E-state index contributed by atoms with van der Waals surface area (Å²) < 4.78 is 14.9. The molecule has 1 amide bonds. The average Bonchev–Trinajstić information content (AvgIpc) is 3.11. The predicted octanol–water partition coefficient (Wildman–Crippen LogP) is 2.65. The molecule has 6 nitrogen and oxygen atoms in total. The molecule has 0 bridgehead atoms. The zero-order chi connectivity index (χ0) is 16.4. The van der Waals surface area contributed by atoms with Gasteiger partial charge in [0.1, 0.15) is 17.4 Å².